The molecule has 0 unspecified atom stereocenters. The van der Waals surface area contributed by atoms with Gasteiger partial charge in [-0.05, 0) is 30.4 Å². The van der Waals surface area contributed by atoms with Gasteiger partial charge < -0.3 is 5.32 Å². The molecule has 0 saturated heterocycles. The first-order valence-electron chi connectivity index (χ1n) is 5.75. The van der Waals surface area contributed by atoms with Gasteiger partial charge in [0.2, 0.25) is 0 Å². The number of thiophene rings is 1. The van der Waals surface area contributed by atoms with Gasteiger partial charge in [-0.3, -0.25) is 0 Å². The van der Waals surface area contributed by atoms with Gasteiger partial charge in [0, 0.05) is 23.8 Å². The third kappa shape index (κ3) is 3.13. The summed E-state index contributed by atoms with van der Waals surface area (Å²) in [4.78, 5) is 1.30. The zero-order valence-electron chi connectivity index (χ0n) is 9.27. The summed E-state index contributed by atoms with van der Waals surface area (Å²) in [6, 6.07) is 4.04. The summed E-state index contributed by atoms with van der Waals surface area (Å²) in [5.41, 5.74) is 0.350. The van der Waals surface area contributed by atoms with E-state index in [1.54, 1.807) is 11.3 Å². The van der Waals surface area contributed by atoms with Crippen molar-refractivity contribution in [2.75, 3.05) is 12.4 Å². The van der Waals surface area contributed by atoms with Crippen molar-refractivity contribution in [1.82, 2.24) is 5.32 Å². The quantitative estimate of drug-likeness (QED) is 0.792. The van der Waals surface area contributed by atoms with Gasteiger partial charge >= 0.3 is 0 Å². The summed E-state index contributed by atoms with van der Waals surface area (Å²) >= 11 is 13.6. The van der Waals surface area contributed by atoms with E-state index in [-0.39, 0.29) is 0 Å². The van der Waals surface area contributed by atoms with Crippen LogP contribution in [0.5, 0.6) is 0 Å². The van der Waals surface area contributed by atoms with Gasteiger partial charge in [-0.1, -0.05) is 24.4 Å². The van der Waals surface area contributed by atoms with Crippen molar-refractivity contribution in [2.45, 2.75) is 32.2 Å². The van der Waals surface area contributed by atoms with Crippen LogP contribution >= 0.6 is 34.5 Å². The third-order valence-corrected chi connectivity index (χ3v) is 5.17. The average molecular weight is 278 g/mol. The lowest BCUT2D eigenvalue weighted by Crippen LogP contribution is -2.33. The molecule has 2 rings (SSSR count). The molecule has 4 heteroatoms. The lowest BCUT2D eigenvalue weighted by molar-refractivity contribution is 0.321. The molecule has 1 heterocycles. The predicted octanol–water partition coefficient (Wildman–Crippen LogP) is 4.29. The summed E-state index contributed by atoms with van der Waals surface area (Å²) in [5, 5.41) is 3.52. The van der Waals surface area contributed by atoms with Gasteiger partial charge in [-0.2, -0.15) is 0 Å². The zero-order chi connectivity index (χ0) is 11.4. The third-order valence-electron chi connectivity index (χ3n) is 3.38. The van der Waals surface area contributed by atoms with Crippen LogP contribution in [0, 0.1) is 5.41 Å². The van der Waals surface area contributed by atoms with E-state index in [1.165, 1.54) is 30.6 Å². The number of hydrogen-bond donors (Lipinski definition) is 1. The first-order valence-corrected chi connectivity index (χ1v) is 7.48. The van der Waals surface area contributed by atoms with E-state index in [0.717, 1.165) is 23.3 Å². The highest BCUT2D eigenvalue weighted by Gasteiger charge is 2.32. The van der Waals surface area contributed by atoms with Crippen molar-refractivity contribution >= 4 is 34.5 Å². The Morgan fingerprint density at radius 3 is 2.62 bits per heavy atom. The molecule has 0 bridgehead atoms. The molecular weight excluding hydrogens is 261 g/mol. The molecule has 1 aromatic rings. The lowest BCUT2D eigenvalue weighted by Gasteiger charge is -2.26. The van der Waals surface area contributed by atoms with Crippen LogP contribution in [0.3, 0.4) is 0 Å². The van der Waals surface area contributed by atoms with Crippen LogP contribution in [-0.4, -0.2) is 12.4 Å². The van der Waals surface area contributed by atoms with E-state index in [1.807, 2.05) is 6.07 Å². The minimum absolute atomic E-state index is 0.350. The fourth-order valence-electron chi connectivity index (χ4n) is 2.38. The van der Waals surface area contributed by atoms with Crippen molar-refractivity contribution in [3.05, 3.63) is 21.3 Å². The van der Waals surface area contributed by atoms with Gasteiger partial charge in [0.25, 0.3) is 0 Å². The number of nitrogens with one attached hydrogen (secondary N) is 1. The second-order valence-corrected chi connectivity index (χ2v) is 6.72. The number of rotatable bonds is 5. The molecule has 0 radical (unpaired) electrons. The normalized spacial score (nSPS) is 19.1. The Morgan fingerprint density at radius 1 is 1.31 bits per heavy atom. The van der Waals surface area contributed by atoms with Crippen LogP contribution < -0.4 is 5.32 Å². The van der Waals surface area contributed by atoms with E-state index in [2.05, 4.69) is 11.4 Å². The van der Waals surface area contributed by atoms with Gasteiger partial charge in [0.15, 0.2) is 0 Å². The summed E-state index contributed by atoms with van der Waals surface area (Å²) in [6.45, 7) is 1.95. The maximum Gasteiger partial charge on any atom is 0.0931 e. The molecule has 1 fully saturated rings. The SMILES string of the molecule is ClCC1(CNCc2ccc(Cl)s2)CCCC1. The zero-order valence-corrected chi connectivity index (χ0v) is 11.6. The fourth-order valence-corrected chi connectivity index (χ4v) is 3.80. The van der Waals surface area contributed by atoms with Gasteiger partial charge in [-0.15, -0.1) is 22.9 Å². The standard InChI is InChI=1S/C12H17Cl2NS/c13-8-12(5-1-2-6-12)9-15-7-10-3-4-11(14)16-10/h3-4,15H,1-2,5-9H2. The minimum atomic E-state index is 0.350. The molecular formula is C12H17Cl2NS. The van der Waals surface area contributed by atoms with E-state index >= 15 is 0 Å². The minimum Gasteiger partial charge on any atom is -0.311 e. The second kappa shape index (κ2) is 5.72. The molecule has 1 aliphatic carbocycles. The molecule has 1 saturated carbocycles. The van der Waals surface area contributed by atoms with Gasteiger partial charge in [0.1, 0.15) is 0 Å². The fraction of sp³-hybridized carbons (Fsp3) is 0.667. The van der Waals surface area contributed by atoms with E-state index in [9.17, 15) is 0 Å². The Kier molecular flexibility index (Phi) is 4.54. The first kappa shape index (κ1) is 12.7. The molecule has 1 aromatic heterocycles. The molecule has 1 N–H and O–H groups in total. The summed E-state index contributed by atoms with van der Waals surface area (Å²) < 4.78 is 0.865. The highest BCUT2D eigenvalue weighted by molar-refractivity contribution is 7.16. The largest absolute Gasteiger partial charge is 0.311 e. The molecule has 90 valence electrons. The van der Waals surface area contributed by atoms with Crippen molar-refractivity contribution in [2.24, 2.45) is 5.41 Å². The van der Waals surface area contributed by atoms with Gasteiger partial charge in [0.05, 0.1) is 4.34 Å². The van der Waals surface area contributed by atoms with Crippen LogP contribution in [0.4, 0.5) is 0 Å². The molecule has 1 nitrogen and oxygen atoms in total. The van der Waals surface area contributed by atoms with Crippen LogP contribution in [0.2, 0.25) is 4.34 Å². The maximum absolute atomic E-state index is 6.09. The van der Waals surface area contributed by atoms with Crippen LogP contribution in [-0.2, 0) is 6.54 Å². The van der Waals surface area contributed by atoms with E-state index in [0.29, 0.717) is 5.41 Å². The summed E-state index contributed by atoms with van der Waals surface area (Å²) in [5.74, 6) is 0.783. The van der Waals surface area contributed by atoms with Gasteiger partial charge in [-0.25, -0.2) is 0 Å². The molecule has 0 spiro atoms. The van der Waals surface area contributed by atoms with Crippen LogP contribution in [0.15, 0.2) is 12.1 Å². The Bertz CT molecular complexity index is 332. The average Bonchev–Trinajstić information content (AvgIpc) is 2.89. The van der Waals surface area contributed by atoms with Crippen molar-refractivity contribution in [3.8, 4) is 0 Å². The lowest BCUT2D eigenvalue weighted by atomic mass is 9.88. The Morgan fingerprint density at radius 2 is 2.06 bits per heavy atom. The number of hydrogen-bond acceptors (Lipinski definition) is 2. The van der Waals surface area contributed by atoms with Crippen LogP contribution in [0.1, 0.15) is 30.6 Å². The Balaban J connectivity index is 1.78. The maximum atomic E-state index is 6.09. The molecule has 1 aliphatic rings. The second-order valence-electron chi connectivity index (χ2n) is 4.65. The van der Waals surface area contributed by atoms with Crippen molar-refractivity contribution in [3.63, 3.8) is 0 Å². The number of alkyl halides is 1. The van der Waals surface area contributed by atoms with Crippen molar-refractivity contribution < 1.29 is 0 Å². The monoisotopic (exact) mass is 277 g/mol. The Hall–Kier alpha value is 0.240. The van der Waals surface area contributed by atoms with E-state index < -0.39 is 0 Å². The molecule has 0 aliphatic heterocycles. The number of halogens is 2. The molecule has 0 atom stereocenters. The Labute approximate surface area is 111 Å². The highest BCUT2D eigenvalue weighted by Crippen LogP contribution is 2.38. The molecule has 16 heavy (non-hydrogen) atoms. The predicted molar refractivity (Wildman–Crippen MR) is 72.7 cm³/mol. The summed E-state index contributed by atoms with van der Waals surface area (Å²) in [7, 11) is 0. The van der Waals surface area contributed by atoms with Crippen LogP contribution in [0.25, 0.3) is 0 Å². The molecule has 0 amide bonds. The summed E-state index contributed by atoms with van der Waals surface area (Å²) in [6.07, 6.45) is 5.21. The smallest absolute Gasteiger partial charge is 0.0931 e. The topological polar surface area (TPSA) is 12.0 Å². The van der Waals surface area contributed by atoms with Crippen molar-refractivity contribution in [1.29, 1.82) is 0 Å². The van der Waals surface area contributed by atoms with E-state index in [4.69, 9.17) is 23.2 Å². The molecule has 0 aromatic carbocycles. The highest BCUT2D eigenvalue weighted by atomic mass is 35.5. The first-order chi connectivity index (χ1) is 7.74.